The van der Waals surface area contributed by atoms with Gasteiger partial charge in [-0.3, -0.25) is 0 Å². The summed E-state index contributed by atoms with van der Waals surface area (Å²) >= 11 is 0. The van der Waals surface area contributed by atoms with Gasteiger partial charge < -0.3 is 10.1 Å². The van der Waals surface area contributed by atoms with Crippen LogP contribution < -0.4 is 5.32 Å². The molecule has 2 rings (SSSR count). The van der Waals surface area contributed by atoms with Gasteiger partial charge in [-0.05, 0) is 24.3 Å². The van der Waals surface area contributed by atoms with Crippen LogP contribution in [-0.2, 0) is 4.74 Å². The van der Waals surface area contributed by atoms with E-state index in [1.807, 2.05) is 0 Å². The lowest BCUT2D eigenvalue weighted by Gasteiger charge is -2.46. The van der Waals surface area contributed by atoms with Gasteiger partial charge in [0.1, 0.15) is 0 Å². The summed E-state index contributed by atoms with van der Waals surface area (Å²) in [5.74, 6) is 0.567. The first-order chi connectivity index (χ1) is 9.12. The Balaban J connectivity index is 2.28. The van der Waals surface area contributed by atoms with Crippen molar-refractivity contribution in [2.45, 2.75) is 58.3 Å². The van der Waals surface area contributed by atoms with E-state index in [1.54, 1.807) is 0 Å². The van der Waals surface area contributed by atoms with E-state index >= 15 is 0 Å². The van der Waals surface area contributed by atoms with Crippen molar-refractivity contribution in [2.75, 3.05) is 6.54 Å². The largest absolute Gasteiger partial charge is 0.364 e. The summed E-state index contributed by atoms with van der Waals surface area (Å²) in [7, 11) is 0. The number of hydrogen-bond donors (Lipinski definition) is 1. The predicted molar refractivity (Wildman–Crippen MR) is 80.2 cm³/mol. The highest BCUT2D eigenvalue weighted by molar-refractivity contribution is 5.20. The number of morpholine rings is 1. The molecule has 2 atom stereocenters. The molecule has 19 heavy (non-hydrogen) atoms. The van der Waals surface area contributed by atoms with E-state index in [0.29, 0.717) is 12.0 Å². The number of rotatable bonds is 4. The molecule has 2 unspecified atom stereocenters. The molecule has 106 valence electrons. The van der Waals surface area contributed by atoms with Gasteiger partial charge in [-0.15, -0.1) is 0 Å². The third-order valence-electron chi connectivity index (χ3n) is 4.50. The van der Waals surface area contributed by atoms with Gasteiger partial charge in [0.2, 0.25) is 0 Å². The second kappa shape index (κ2) is 6.06. The predicted octanol–water partition coefficient (Wildman–Crippen LogP) is 3.93. The third-order valence-corrected chi connectivity index (χ3v) is 4.50. The summed E-state index contributed by atoms with van der Waals surface area (Å²) in [6.45, 7) is 9.95. The Morgan fingerprint density at radius 2 is 1.84 bits per heavy atom. The van der Waals surface area contributed by atoms with Gasteiger partial charge in [-0.25, -0.2) is 0 Å². The molecule has 1 saturated heterocycles. The van der Waals surface area contributed by atoms with E-state index in [0.717, 1.165) is 19.4 Å². The molecule has 1 aromatic rings. The quantitative estimate of drug-likeness (QED) is 0.886. The molecule has 0 spiro atoms. The first kappa shape index (κ1) is 14.5. The average molecular weight is 261 g/mol. The molecule has 1 fully saturated rings. The van der Waals surface area contributed by atoms with Gasteiger partial charge in [0.15, 0.2) is 0 Å². The highest BCUT2D eigenvalue weighted by Crippen LogP contribution is 2.37. The molecule has 0 bridgehead atoms. The summed E-state index contributed by atoms with van der Waals surface area (Å²) in [6.07, 6.45) is 2.28. The Morgan fingerprint density at radius 1 is 1.21 bits per heavy atom. The molecule has 0 amide bonds. The van der Waals surface area contributed by atoms with E-state index in [-0.39, 0.29) is 11.7 Å². The molecule has 2 nitrogen and oxygen atoms in total. The topological polar surface area (TPSA) is 21.3 Å². The first-order valence-corrected chi connectivity index (χ1v) is 7.58. The SMILES string of the molecule is CCC1(CC)CNC(C(C)C)C(c2ccccc2)O1. The van der Waals surface area contributed by atoms with Gasteiger partial charge in [-0.2, -0.15) is 0 Å². The van der Waals surface area contributed by atoms with E-state index in [9.17, 15) is 0 Å². The van der Waals surface area contributed by atoms with E-state index < -0.39 is 0 Å². The van der Waals surface area contributed by atoms with E-state index in [1.165, 1.54) is 5.56 Å². The summed E-state index contributed by atoms with van der Waals surface area (Å²) in [5.41, 5.74) is 1.28. The highest BCUT2D eigenvalue weighted by Gasteiger charge is 2.40. The standard InChI is InChI=1S/C17H27NO/c1-5-17(6-2)12-18-15(13(3)4)16(19-17)14-10-8-7-9-11-14/h7-11,13,15-16,18H,5-6,12H2,1-4H3. The van der Waals surface area contributed by atoms with Crippen molar-refractivity contribution in [3.05, 3.63) is 35.9 Å². The molecule has 0 saturated carbocycles. The zero-order chi connectivity index (χ0) is 13.9. The summed E-state index contributed by atoms with van der Waals surface area (Å²) in [5, 5.41) is 3.73. The summed E-state index contributed by atoms with van der Waals surface area (Å²) in [6, 6.07) is 11.0. The number of ether oxygens (including phenoxy) is 1. The first-order valence-electron chi connectivity index (χ1n) is 7.58. The lowest BCUT2D eigenvalue weighted by Crippen LogP contribution is -2.56. The number of hydrogen-bond acceptors (Lipinski definition) is 2. The van der Waals surface area contributed by atoms with Gasteiger partial charge in [-0.1, -0.05) is 58.0 Å². The Labute approximate surface area is 117 Å². The molecular formula is C17H27NO. The maximum Gasteiger partial charge on any atom is 0.0988 e. The van der Waals surface area contributed by atoms with Crippen molar-refractivity contribution in [1.29, 1.82) is 0 Å². The van der Waals surface area contributed by atoms with Crippen LogP contribution in [0.3, 0.4) is 0 Å². The van der Waals surface area contributed by atoms with Crippen LogP contribution in [0.1, 0.15) is 52.2 Å². The lowest BCUT2D eigenvalue weighted by atomic mass is 9.86. The van der Waals surface area contributed by atoms with Gasteiger partial charge in [0.05, 0.1) is 11.7 Å². The van der Waals surface area contributed by atoms with Crippen LogP contribution in [0.5, 0.6) is 0 Å². The minimum absolute atomic E-state index is 0.00804. The van der Waals surface area contributed by atoms with Gasteiger partial charge >= 0.3 is 0 Å². The fraction of sp³-hybridized carbons (Fsp3) is 0.647. The van der Waals surface area contributed by atoms with Crippen LogP contribution in [0.4, 0.5) is 0 Å². The molecule has 0 aromatic heterocycles. The van der Waals surface area contributed by atoms with Crippen molar-refractivity contribution < 1.29 is 4.74 Å². The molecule has 1 aromatic carbocycles. The second-order valence-electron chi connectivity index (χ2n) is 5.99. The zero-order valence-corrected chi connectivity index (χ0v) is 12.6. The minimum Gasteiger partial charge on any atom is -0.364 e. The smallest absolute Gasteiger partial charge is 0.0988 e. The average Bonchev–Trinajstić information content (AvgIpc) is 2.47. The molecule has 1 aliphatic rings. The van der Waals surface area contributed by atoms with Crippen molar-refractivity contribution in [1.82, 2.24) is 5.32 Å². The Hall–Kier alpha value is -0.860. The maximum atomic E-state index is 6.57. The van der Waals surface area contributed by atoms with E-state index in [4.69, 9.17) is 4.74 Å². The van der Waals surface area contributed by atoms with Crippen molar-refractivity contribution in [2.24, 2.45) is 5.92 Å². The molecule has 1 heterocycles. The van der Waals surface area contributed by atoms with Gasteiger partial charge in [0.25, 0.3) is 0 Å². The Bertz CT molecular complexity index is 384. The third kappa shape index (κ3) is 3.01. The van der Waals surface area contributed by atoms with Crippen molar-refractivity contribution in [3.63, 3.8) is 0 Å². The molecule has 1 N–H and O–H groups in total. The van der Waals surface area contributed by atoms with Crippen LogP contribution in [0.15, 0.2) is 30.3 Å². The normalized spacial score (nSPS) is 26.6. The molecule has 1 aliphatic heterocycles. The van der Waals surface area contributed by atoms with Crippen LogP contribution >= 0.6 is 0 Å². The van der Waals surface area contributed by atoms with Crippen LogP contribution in [0, 0.1) is 5.92 Å². The van der Waals surface area contributed by atoms with Crippen LogP contribution in [0.25, 0.3) is 0 Å². The number of benzene rings is 1. The van der Waals surface area contributed by atoms with Crippen molar-refractivity contribution in [3.8, 4) is 0 Å². The Morgan fingerprint density at radius 3 is 2.37 bits per heavy atom. The summed E-state index contributed by atoms with van der Waals surface area (Å²) < 4.78 is 6.57. The Kier molecular flexibility index (Phi) is 4.64. The molecule has 2 heteroatoms. The highest BCUT2D eigenvalue weighted by atomic mass is 16.5. The van der Waals surface area contributed by atoms with Crippen LogP contribution in [0.2, 0.25) is 0 Å². The zero-order valence-electron chi connectivity index (χ0n) is 12.6. The van der Waals surface area contributed by atoms with Gasteiger partial charge in [0, 0.05) is 12.6 Å². The molecule has 0 radical (unpaired) electrons. The second-order valence-corrected chi connectivity index (χ2v) is 5.99. The fourth-order valence-electron chi connectivity index (χ4n) is 2.97. The number of nitrogens with one attached hydrogen (secondary N) is 1. The minimum atomic E-state index is -0.00804. The summed E-state index contributed by atoms with van der Waals surface area (Å²) in [4.78, 5) is 0. The van der Waals surface area contributed by atoms with Crippen molar-refractivity contribution >= 4 is 0 Å². The molecule has 0 aliphatic carbocycles. The molecular weight excluding hydrogens is 234 g/mol. The maximum absolute atomic E-state index is 6.57. The lowest BCUT2D eigenvalue weighted by molar-refractivity contribution is -0.148. The van der Waals surface area contributed by atoms with Crippen LogP contribution in [-0.4, -0.2) is 18.2 Å². The van der Waals surface area contributed by atoms with E-state index in [2.05, 4.69) is 63.3 Å². The monoisotopic (exact) mass is 261 g/mol. The fourth-order valence-corrected chi connectivity index (χ4v) is 2.97.